The first-order valence-electron chi connectivity index (χ1n) is 7.54. The van der Waals surface area contributed by atoms with Gasteiger partial charge in [0.15, 0.2) is 5.65 Å². The molecule has 1 aliphatic carbocycles. The van der Waals surface area contributed by atoms with Crippen molar-refractivity contribution in [3.63, 3.8) is 0 Å². The average Bonchev–Trinajstić information content (AvgIpc) is 3.18. The molecule has 3 nitrogen and oxygen atoms in total. The summed E-state index contributed by atoms with van der Waals surface area (Å²) in [5.74, 6) is 0.404. The number of halogens is 2. The van der Waals surface area contributed by atoms with Crippen LogP contribution in [0.5, 0.6) is 0 Å². The zero-order chi connectivity index (χ0) is 15.1. The quantitative estimate of drug-likeness (QED) is 0.591. The van der Waals surface area contributed by atoms with E-state index in [9.17, 15) is 0 Å². The molecule has 3 aromatic rings. The Bertz CT molecular complexity index is 821. The van der Waals surface area contributed by atoms with E-state index in [2.05, 4.69) is 10.1 Å². The summed E-state index contributed by atoms with van der Waals surface area (Å²) < 4.78 is 1.71. The lowest BCUT2D eigenvalue weighted by Gasteiger charge is -2.14. The molecule has 1 fully saturated rings. The summed E-state index contributed by atoms with van der Waals surface area (Å²) in [6.45, 7) is 0. The van der Waals surface area contributed by atoms with E-state index in [1.807, 2.05) is 30.3 Å². The molecule has 0 aliphatic heterocycles. The third-order valence-corrected chi connectivity index (χ3v) is 5.08. The predicted octanol–water partition coefficient (Wildman–Crippen LogP) is 5.36. The molecule has 4 rings (SSSR count). The fourth-order valence-corrected chi connectivity index (χ4v) is 4.06. The highest BCUT2D eigenvalue weighted by molar-refractivity contribution is 6.35. The van der Waals surface area contributed by atoms with Crippen molar-refractivity contribution in [2.24, 2.45) is 0 Å². The lowest BCUT2D eigenvalue weighted by molar-refractivity contribution is 0.708. The van der Waals surface area contributed by atoms with E-state index < -0.39 is 0 Å². The van der Waals surface area contributed by atoms with Crippen molar-refractivity contribution in [3.05, 3.63) is 52.4 Å². The minimum absolute atomic E-state index is 0.404. The van der Waals surface area contributed by atoms with Crippen molar-refractivity contribution in [1.29, 1.82) is 0 Å². The van der Waals surface area contributed by atoms with Crippen molar-refractivity contribution >= 4 is 28.8 Å². The molecule has 0 spiro atoms. The fraction of sp³-hybridized carbons (Fsp3) is 0.294. The van der Waals surface area contributed by atoms with E-state index in [0.717, 1.165) is 29.5 Å². The Hall–Kier alpha value is -1.58. The topological polar surface area (TPSA) is 30.2 Å². The first-order valence-corrected chi connectivity index (χ1v) is 8.29. The van der Waals surface area contributed by atoms with Crippen LogP contribution in [0.4, 0.5) is 0 Å². The van der Waals surface area contributed by atoms with Crippen LogP contribution in [-0.2, 0) is 0 Å². The van der Waals surface area contributed by atoms with Gasteiger partial charge in [0.05, 0.1) is 6.20 Å². The van der Waals surface area contributed by atoms with E-state index >= 15 is 0 Å². The Morgan fingerprint density at radius 1 is 1.05 bits per heavy atom. The minimum Gasteiger partial charge on any atom is -0.216 e. The first-order chi connectivity index (χ1) is 10.8. The minimum atomic E-state index is 0.404. The second-order valence-corrected chi connectivity index (χ2v) is 6.46. The molecule has 1 saturated carbocycles. The summed E-state index contributed by atoms with van der Waals surface area (Å²) >= 11 is 13.1. The molecular formula is C17H15Cl2N3. The van der Waals surface area contributed by atoms with Crippen molar-refractivity contribution in [2.75, 3.05) is 0 Å². The van der Waals surface area contributed by atoms with Crippen LogP contribution in [0.2, 0.25) is 10.3 Å². The third kappa shape index (κ3) is 2.20. The number of rotatable bonds is 2. The van der Waals surface area contributed by atoms with E-state index in [0.29, 0.717) is 21.9 Å². The normalized spacial score (nSPS) is 15.7. The zero-order valence-corrected chi connectivity index (χ0v) is 13.5. The van der Waals surface area contributed by atoms with Crippen LogP contribution < -0.4 is 0 Å². The molecule has 5 heteroatoms. The maximum absolute atomic E-state index is 6.60. The van der Waals surface area contributed by atoms with E-state index in [4.69, 9.17) is 23.2 Å². The van der Waals surface area contributed by atoms with Gasteiger partial charge in [-0.25, -0.2) is 9.50 Å². The number of aromatic nitrogens is 3. The molecule has 0 N–H and O–H groups in total. The van der Waals surface area contributed by atoms with Gasteiger partial charge in [-0.2, -0.15) is 5.10 Å². The Labute approximate surface area is 138 Å². The Kier molecular flexibility index (Phi) is 3.55. The number of benzene rings is 1. The van der Waals surface area contributed by atoms with Gasteiger partial charge in [0, 0.05) is 11.1 Å². The van der Waals surface area contributed by atoms with Gasteiger partial charge >= 0.3 is 0 Å². The van der Waals surface area contributed by atoms with Crippen LogP contribution in [0, 0.1) is 0 Å². The van der Waals surface area contributed by atoms with Gasteiger partial charge in [0.2, 0.25) is 0 Å². The average molecular weight is 332 g/mol. The second kappa shape index (κ2) is 5.56. The molecule has 0 atom stereocenters. The Balaban J connectivity index is 1.91. The highest BCUT2D eigenvalue weighted by Crippen LogP contribution is 2.41. The lowest BCUT2D eigenvalue weighted by Crippen LogP contribution is -2.03. The van der Waals surface area contributed by atoms with Crippen LogP contribution in [0.1, 0.15) is 37.2 Å². The molecule has 112 valence electrons. The Morgan fingerprint density at radius 3 is 2.50 bits per heavy atom. The van der Waals surface area contributed by atoms with E-state index in [-0.39, 0.29) is 0 Å². The molecular weight excluding hydrogens is 317 g/mol. The largest absolute Gasteiger partial charge is 0.216 e. The van der Waals surface area contributed by atoms with Crippen LogP contribution >= 0.6 is 23.2 Å². The lowest BCUT2D eigenvalue weighted by atomic mass is 10.0. The van der Waals surface area contributed by atoms with Crippen LogP contribution in [0.25, 0.3) is 16.8 Å². The summed E-state index contributed by atoms with van der Waals surface area (Å²) in [5, 5.41) is 5.55. The maximum atomic E-state index is 6.60. The molecule has 22 heavy (non-hydrogen) atoms. The summed E-state index contributed by atoms with van der Waals surface area (Å²) in [4.78, 5) is 4.60. The molecule has 1 aliphatic rings. The molecule has 1 aromatic carbocycles. The van der Waals surface area contributed by atoms with Gasteiger partial charge in [-0.15, -0.1) is 0 Å². The smallest absolute Gasteiger partial charge is 0.166 e. The Morgan fingerprint density at radius 2 is 1.77 bits per heavy atom. The van der Waals surface area contributed by atoms with Gasteiger partial charge in [0.1, 0.15) is 10.3 Å². The molecule has 0 unspecified atom stereocenters. The maximum Gasteiger partial charge on any atom is 0.166 e. The first kappa shape index (κ1) is 14.0. The standard InChI is InChI=1S/C17H15Cl2N3/c18-15-14(12-8-4-5-9-12)16(19)22-17(21-15)13(10-20-22)11-6-2-1-3-7-11/h1-3,6-7,10,12H,4-5,8-9H2. The molecule has 0 bridgehead atoms. The predicted molar refractivity (Wildman–Crippen MR) is 89.7 cm³/mol. The summed E-state index contributed by atoms with van der Waals surface area (Å²) in [7, 11) is 0. The number of hydrogen-bond acceptors (Lipinski definition) is 2. The molecule has 2 heterocycles. The van der Waals surface area contributed by atoms with E-state index in [1.54, 1.807) is 10.7 Å². The summed E-state index contributed by atoms with van der Waals surface area (Å²) in [5.41, 5.74) is 3.67. The molecule has 0 radical (unpaired) electrons. The summed E-state index contributed by atoms with van der Waals surface area (Å²) in [6, 6.07) is 10.0. The number of fused-ring (bicyclic) bond motifs is 1. The summed E-state index contributed by atoms with van der Waals surface area (Å²) in [6.07, 6.45) is 6.50. The monoisotopic (exact) mass is 331 g/mol. The second-order valence-electron chi connectivity index (χ2n) is 5.75. The van der Waals surface area contributed by atoms with Gasteiger partial charge in [0.25, 0.3) is 0 Å². The highest BCUT2D eigenvalue weighted by atomic mass is 35.5. The molecule has 0 amide bonds. The van der Waals surface area contributed by atoms with E-state index in [1.165, 1.54) is 12.8 Å². The van der Waals surface area contributed by atoms with Gasteiger partial charge < -0.3 is 0 Å². The van der Waals surface area contributed by atoms with Gasteiger partial charge in [-0.05, 0) is 24.3 Å². The molecule has 0 saturated heterocycles. The van der Waals surface area contributed by atoms with Crippen LogP contribution in [0.15, 0.2) is 36.5 Å². The zero-order valence-electron chi connectivity index (χ0n) is 12.0. The van der Waals surface area contributed by atoms with Gasteiger partial charge in [-0.3, -0.25) is 0 Å². The van der Waals surface area contributed by atoms with Crippen LogP contribution in [-0.4, -0.2) is 14.6 Å². The van der Waals surface area contributed by atoms with Crippen molar-refractivity contribution in [1.82, 2.24) is 14.6 Å². The number of nitrogens with zero attached hydrogens (tertiary/aromatic N) is 3. The number of hydrogen-bond donors (Lipinski definition) is 0. The van der Waals surface area contributed by atoms with Crippen molar-refractivity contribution in [3.8, 4) is 11.1 Å². The molecule has 2 aromatic heterocycles. The third-order valence-electron chi connectivity index (χ3n) is 4.43. The van der Waals surface area contributed by atoms with Crippen LogP contribution in [0.3, 0.4) is 0 Å². The van der Waals surface area contributed by atoms with Crippen molar-refractivity contribution < 1.29 is 0 Å². The SMILES string of the molecule is Clc1nc2c(-c3ccccc3)cnn2c(Cl)c1C1CCCC1. The highest BCUT2D eigenvalue weighted by Gasteiger charge is 2.26. The van der Waals surface area contributed by atoms with Gasteiger partial charge in [-0.1, -0.05) is 66.4 Å². The fourth-order valence-electron chi connectivity index (χ4n) is 3.32. The van der Waals surface area contributed by atoms with Crippen molar-refractivity contribution in [2.45, 2.75) is 31.6 Å².